The van der Waals surface area contributed by atoms with Crippen molar-refractivity contribution < 1.29 is 23.8 Å². The summed E-state index contributed by atoms with van der Waals surface area (Å²) in [5.74, 6) is 1.07. The van der Waals surface area contributed by atoms with E-state index < -0.39 is 5.79 Å². The number of likely N-dealkylation sites (tertiary alicyclic amines) is 1. The van der Waals surface area contributed by atoms with Gasteiger partial charge < -0.3 is 24.4 Å². The zero-order valence-corrected chi connectivity index (χ0v) is 18.0. The van der Waals surface area contributed by atoms with E-state index in [1.807, 2.05) is 48.5 Å². The molecule has 3 aliphatic rings. The van der Waals surface area contributed by atoms with Crippen molar-refractivity contribution >= 4 is 17.5 Å². The third-order valence-corrected chi connectivity index (χ3v) is 6.38. The maximum Gasteiger partial charge on any atom is 0.251 e. The lowest BCUT2D eigenvalue weighted by atomic mass is 9.94. The molecule has 2 fully saturated rings. The van der Waals surface area contributed by atoms with Crippen LogP contribution in [-0.4, -0.2) is 42.2 Å². The molecular formula is C25H28N2O5. The fraction of sp³-hybridized carbons (Fsp3) is 0.440. The second-order valence-corrected chi connectivity index (χ2v) is 8.73. The molecule has 1 N–H and O–H groups in total. The number of ether oxygens (including phenoxy) is 3. The van der Waals surface area contributed by atoms with Gasteiger partial charge in [-0.05, 0) is 37.1 Å². The third kappa shape index (κ3) is 4.38. The minimum absolute atomic E-state index is 0.0215. The number of nitrogens with one attached hydrogen (secondary N) is 1. The molecule has 0 aromatic heterocycles. The number of amides is 2. The monoisotopic (exact) mass is 436 g/mol. The Bertz CT molecular complexity index is 987. The van der Waals surface area contributed by atoms with Gasteiger partial charge in [0.25, 0.3) is 5.79 Å². The molecule has 0 radical (unpaired) electrons. The van der Waals surface area contributed by atoms with Crippen LogP contribution in [-0.2, 0) is 9.59 Å². The van der Waals surface area contributed by atoms with E-state index in [4.69, 9.17) is 14.2 Å². The Balaban J connectivity index is 1.14. The van der Waals surface area contributed by atoms with E-state index in [0.29, 0.717) is 31.1 Å². The van der Waals surface area contributed by atoms with Crippen LogP contribution in [0.25, 0.3) is 0 Å². The van der Waals surface area contributed by atoms with Gasteiger partial charge in [-0.25, -0.2) is 0 Å². The van der Waals surface area contributed by atoms with Crippen LogP contribution in [0.15, 0.2) is 48.5 Å². The van der Waals surface area contributed by atoms with Gasteiger partial charge in [-0.1, -0.05) is 24.6 Å². The van der Waals surface area contributed by atoms with Gasteiger partial charge in [-0.15, -0.1) is 0 Å². The summed E-state index contributed by atoms with van der Waals surface area (Å²) in [6.45, 7) is 1.26. The molecule has 0 unspecified atom stereocenters. The van der Waals surface area contributed by atoms with Gasteiger partial charge in [-0.3, -0.25) is 9.59 Å². The van der Waals surface area contributed by atoms with Crippen molar-refractivity contribution in [2.75, 3.05) is 25.0 Å². The van der Waals surface area contributed by atoms with E-state index in [1.165, 1.54) is 6.42 Å². The molecule has 2 aromatic rings. The first kappa shape index (κ1) is 20.7. The molecule has 168 valence electrons. The van der Waals surface area contributed by atoms with Crippen molar-refractivity contribution in [3.8, 4) is 17.2 Å². The summed E-state index contributed by atoms with van der Waals surface area (Å²) < 4.78 is 17.9. The molecule has 2 aromatic carbocycles. The predicted octanol–water partition coefficient (Wildman–Crippen LogP) is 3.98. The summed E-state index contributed by atoms with van der Waals surface area (Å²) in [4.78, 5) is 26.9. The van der Waals surface area contributed by atoms with Crippen LogP contribution >= 0.6 is 0 Å². The van der Waals surface area contributed by atoms with E-state index in [0.717, 1.165) is 37.2 Å². The summed E-state index contributed by atoms with van der Waals surface area (Å²) in [6, 6.07) is 15.0. The molecule has 0 bridgehead atoms. The van der Waals surface area contributed by atoms with Crippen LogP contribution in [0.5, 0.6) is 17.2 Å². The number of fused-ring (bicyclic) bond motifs is 1. The van der Waals surface area contributed by atoms with E-state index in [1.54, 1.807) is 4.90 Å². The van der Waals surface area contributed by atoms with Gasteiger partial charge in [0.15, 0.2) is 11.5 Å². The van der Waals surface area contributed by atoms with E-state index >= 15 is 0 Å². The number of carbonyl (C=O) groups excluding carboxylic acids is 2. The van der Waals surface area contributed by atoms with Crippen molar-refractivity contribution in [3.63, 3.8) is 0 Å². The average Bonchev–Trinajstić information content (AvgIpc) is 3.34. The second kappa shape index (κ2) is 8.73. The Kier molecular flexibility index (Phi) is 5.64. The summed E-state index contributed by atoms with van der Waals surface area (Å²) >= 11 is 0. The summed E-state index contributed by atoms with van der Waals surface area (Å²) in [6.07, 6.45) is 5.39. The van der Waals surface area contributed by atoms with Crippen molar-refractivity contribution in [2.45, 2.75) is 44.3 Å². The maximum absolute atomic E-state index is 12.8. The Hall–Kier alpha value is -3.22. The highest BCUT2D eigenvalue weighted by Crippen LogP contribution is 2.46. The number of nitrogens with zero attached hydrogens (tertiary/aromatic N) is 1. The van der Waals surface area contributed by atoms with Gasteiger partial charge >= 0.3 is 0 Å². The number of carbonyl (C=O) groups is 2. The number of rotatable bonds is 6. The molecule has 5 rings (SSSR count). The van der Waals surface area contributed by atoms with Crippen molar-refractivity contribution in [3.05, 3.63) is 48.5 Å². The lowest BCUT2D eigenvalue weighted by Crippen LogP contribution is -2.40. The Morgan fingerprint density at radius 3 is 2.66 bits per heavy atom. The summed E-state index contributed by atoms with van der Waals surface area (Å²) in [5, 5.41) is 2.94. The van der Waals surface area contributed by atoms with E-state index in [9.17, 15) is 9.59 Å². The largest absolute Gasteiger partial charge is 0.492 e. The Morgan fingerprint density at radius 2 is 1.84 bits per heavy atom. The van der Waals surface area contributed by atoms with Gasteiger partial charge in [0.2, 0.25) is 11.8 Å². The molecule has 7 nitrogen and oxygen atoms in total. The van der Waals surface area contributed by atoms with Crippen LogP contribution in [0.2, 0.25) is 0 Å². The maximum atomic E-state index is 12.8. The van der Waals surface area contributed by atoms with Crippen LogP contribution in [0.4, 0.5) is 5.69 Å². The minimum atomic E-state index is -0.538. The van der Waals surface area contributed by atoms with Crippen LogP contribution < -0.4 is 19.5 Å². The molecule has 1 aliphatic carbocycles. The van der Waals surface area contributed by atoms with Crippen molar-refractivity contribution in [1.82, 2.24) is 4.90 Å². The third-order valence-electron chi connectivity index (χ3n) is 6.38. The van der Waals surface area contributed by atoms with Crippen LogP contribution in [0, 0.1) is 5.92 Å². The first-order valence-electron chi connectivity index (χ1n) is 11.4. The highest BCUT2D eigenvalue weighted by atomic mass is 16.7. The first-order valence-corrected chi connectivity index (χ1v) is 11.4. The molecule has 2 aliphatic heterocycles. The quantitative estimate of drug-likeness (QED) is 0.741. The lowest BCUT2D eigenvalue weighted by molar-refractivity contribution is -0.128. The van der Waals surface area contributed by atoms with Crippen molar-refractivity contribution in [2.24, 2.45) is 5.92 Å². The van der Waals surface area contributed by atoms with Gasteiger partial charge in [0, 0.05) is 37.6 Å². The fourth-order valence-corrected chi connectivity index (χ4v) is 4.66. The standard InChI is InChI=1S/C25H28N2O5/c28-23-15-18(17-27(23)13-14-30-20-7-3-1-4-8-20)24(29)26-19-9-10-21-22(16-19)32-25(31-21)11-5-2-6-12-25/h1,3-4,7-10,16,18H,2,5-6,11-15,17H2,(H,26,29)/t18-/m0/s1. The lowest BCUT2D eigenvalue weighted by Gasteiger charge is -2.31. The Labute approximate surface area is 187 Å². The predicted molar refractivity (Wildman–Crippen MR) is 119 cm³/mol. The highest BCUT2D eigenvalue weighted by Gasteiger charge is 2.42. The van der Waals surface area contributed by atoms with E-state index in [-0.39, 0.29) is 24.2 Å². The molecule has 7 heteroatoms. The molecule has 1 saturated heterocycles. The number of hydrogen-bond acceptors (Lipinski definition) is 5. The topological polar surface area (TPSA) is 77.1 Å². The minimum Gasteiger partial charge on any atom is -0.492 e. The smallest absolute Gasteiger partial charge is 0.251 e. The highest BCUT2D eigenvalue weighted by molar-refractivity contribution is 5.97. The fourth-order valence-electron chi connectivity index (χ4n) is 4.66. The van der Waals surface area contributed by atoms with E-state index in [2.05, 4.69) is 5.32 Å². The second-order valence-electron chi connectivity index (χ2n) is 8.73. The number of benzene rings is 2. The molecule has 2 heterocycles. The van der Waals surface area contributed by atoms with Gasteiger partial charge in [-0.2, -0.15) is 0 Å². The zero-order chi connectivity index (χ0) is 22.0. The molecule has 32 heavy (non-hydrogen) atoms. The number of anilines is 1. The molecule has 1 saturated carbocycles. The van der Waals surface area contributed by atoms with Gasteiger partial charge in [0.05, 0.1) is 12.5 Å². The molecule has 1 atom stereocenters. The van der Waals surface area contributed by atoms with Crippen LogP contribution in [0.3, 0.4) is 0 Å². The molecule has 1 spiro atoms. The summed E-state index contributed by atoms with van der Waals surface area (Å²) in [7, 11) is 0. The average molecular weight is 437 g/mol. The summed E-state index contributed by atoms with van der Waals surface area (Å²) in [5.41, 5.74) is 0.656. The number of para-hydroxylation sites is 1. The Morgan fingerprint density at radius 1 is 1.06 bits per heavy atom. The number of hydrogen-bond donors (Lipinski definition) is 1. The normalized spacial score (nSPS) is 21.1. The molecule has 2 amide bonds. The van der Waals surface area contributed by atoms with Crippen molar-refractivity contribution in [1.29, 1.82) is 0 Å². The zero-order valence-electron chi connectivity index (χ0n) is 18.0. The first-order chi connectivity index (χ1) is 15.6. The SMILES string of the molecule is O=C(Nc1ccc2c(c1)OC1(CCCCC1)O2)[C@H]1CC(=O)N(CCOc2ccccc2)C1. The van der Waals surface area contributed by atoms with Crippen LogP contribution in [0.1, 0.15) is 38.5 Å². The van der Waals surface area contributed by atoms with Gasteiger partial charge in [0.1, 0.15) is 12.4 Å². The molecular weight excluding hydrogens is 408 g/mol.